The first-order chi connectivity index (χ1) is 29.1. The van der Waals surface area contributed by atoms with Crippen LogP contribution in [0.25, 0.3) is 11.1 Å². The zero-order valence-corrected chi connectivity index (χ0v) is 36.6. The number of esters is 1. The van der Waals surface area contributed by atoms with Gasteiger partial charge >= 0.3 is 11.9 Å². The highest BCUT2D eigenvalue weighted by molar-refractivity contribution is 5.72. The van der Waals surface area contributed by atoms with Crippen molar-refractivity contribution in [1.82, 2.24) is 15.0 Å². The molecule has 1 atom stereocenters. The molecule has 9 nitrogen and oxygen atoms in total. The first-order valence-electron chi connectivity index (χ1n) is 22.5. The number of ether oxygens (including phenoxy) is 3. The standard InChI is InChI=1S/C50H68FN3O6/c1-50(2,47-35-54(53-52-47)30-19-17-15-13-11-9-7-5-6-8-10-12-14-16-18-23-49(57)59-4)45-31-37(24-28-42(45)44-33-40(58-3)27-29-46(44)51)36-60-41-22-20-21-39(32-41)43(34-48(55)56)38-25-26-38/h20-22,24,27-29,31-33,35,38,43H,5-19,23,25-26,30,34,36H2,1-4H3,(H,55,56). The van der Waals surface area contributed by atoms with E-state index in [1.165, 1.54) is 83.8 Å². The molecule has 10 heteroatoms. The fourth-order valence-corrected chi connectivity index (χ4v) is 8.29. The van der Waals surface area contributed by atoms with Crippen LogP contribution in [0.4, 0.5) is 4.39 Å². The van der Waals surface area contributed by atoms with Crippen molar-refractivity contribution in [1.29, 1.82) is 0 Å². The molecule has 1 aliphatic rings. The van der Waals surface area contributed by atoms with Gasteiger partial charge in [0.05, 0.1) is 26.3 Å². The number of carboxylic acids is 1. The highest BCUT2D eigenvalue weighted by atomic mass is 19.1. The number of halogens is 1. The van der Waals surface area contributed by atoms with E-state index >= 15 is 4.39 Å². The number of hydrogen-bond acceptors (Lipinski definition) is 7. The number of carboxylic acid groups (broad SMARTS) is 1. The van der Waals surface area contributed by atoms with Gasteiger partial charge in [-0.1, -0.05) is 133 Å². The average Bonchev–Trinajstić information content (AvgIpc) is 3.98. The summed E-state index contributed by atoms with van der Waals surface area (Å²) in [5, 5.41) is 18.7. The second-order valence-electron chi connectivity index (χ2n) is 17.2. The molecule has 0 radical (unpaired) electrons. The number of carbonyl (C=O) groups excluding carboxylic acids is 1. The van der Waals surface area contributed by atoms with E-state index in [1.807, 2.05) is 47.3 Å². The molecular weight excluding hydrogens is 758 g/mol. The second kappa shape index (κ2) is 23.9. The maximum atomic E-state index is 15.5. The van der Waals surface area contributed by atoms with Crippen molar-refractivity contribution >= 4 is 11.9 Å². The van der Waals surface area contributed by atoms with E-state index in [4.69, 9.17) is 14.2 Å². The summed E-state index contributed by atoms with van der Waals surface area (Å²) in [7, 11) is 3.03. The van der Waals surface area contributed by atoms with Crippen molar-refractivity contribution in [3.8, 4) is 22.6 Å². The lowest BCUT2D eigenvalue weighted by molar-refractivity contribution is -0.141. The van der Waals surface area contributed by atoms with E-state index < -0.39 is 11.4 Å². The van der Waals surface area contributed by atoms with Crippen LogP contribution in [0.2, 0.25) is 0 Å². The van der Waals surface area contributed by atoms with E-state index in [2.05, 4.69) is 30.2 Å². The lowest BCUT2D eigenvalue weighted by atomic mass is 9.77. The second-order valence-corrected chi connectivity index (χ2v) is 17.2. The molecule has 60 heavy (non-hydrogen) atoms. The molecule has 1 unspecified atom stereocenters. The minimum absolute atomic E-state index is 0.0144. The summed E-state index contributed by atoms with van der Waals surface area (Å²) >= 11 is 0. The third-order valence-electron chi connectivity index (χ3n) is 12.2. The number of rotatable bonds is 29. The summed E-state index contributed by atoms with van der Waals surface area (Å²) < 4.78 is 34.0. The van der Waals surface area contributed by atoms with E-state index in [1.54, 1.807) is 19.2 Å². The Labute approximate surface area is 357 Å². The summed E-state index contributed by atoms with van der Waals surface area (Å²) in [5.41, 5.74) is 4.19. The van der Waals surface area contributed by atoms with E-state index in [9.17, 15) is 14.7 Å². The Hall–Kier alpha value is -4.73. The predicted molar refractivity (Wildman–Crippen MR) is 235 cm³/mol. The van der Waals surface area contributed by atoms with Crippen LogP contribution in [0.1, 0.15) is 164 Å². The normalized spacial score (nSPS) is 13.3. The van der Waals surface area contributed by atoms with E-state index in [0.29, 0.717) is 29.4 Å². The van der Waals surface area contributed by atoms with Gasteiger partial charge in [0.15, 0.2) is 0 Å². The molecule has 326 valence electrons. The lowest BCUT2D eigenvalue weighted by Crippen LogP contribution is -2.21. The highest BCUT2D eigenvalue weighted by Crippen LogP contribution is 2.45. The van der Waals surface area contributed by atoms with Gasteiger partial charge < -0.3 is 19.3 Å². The molecule has 1 aliphatic carbocycles. The van der Waals surface area contributed by atoms with Crippen LogP contribution in [-0.2, 0) is 32.9 Å². The highest BCUT2D eigenvalue weighted by Gasteiger charge is 2.34. The van der Waals surface area contributed by atoms with Crippen LogP contribution in [0.5, 0.6) is 11.5 Å². The van der Waals surface area contributed by atoms with Crippen molar-refractivity contribution in [2.24, 2.45) is 5.92 Å². The molecule has 4 aromatic rings. The largest absolute Gasteiger partial charge is 0.497 e. The monoisotopic (exact) mass is 826 g/mol. The number of benzene rings is 3. The van der Waals surface area contributed by atoms with Gasteiger partial charge in [-0.25, -0.2) is 4.39 Å². The molecule has 0 aliphatic heterocycles. The maximum Gasteiger partial charge on any atom is 0.305 e. The number of nitrogens with zero attached hydrogens (tertiary/aromatic N) is 3. The third kappa shape index (κ3) is 14.5. The fourth-order valence-electron chi connectivity index (χ4n) is 8.29. The Morgan fingerprint density at radius 3 is 2.07 bits per heavy atom. The Morgan fingerprint density at radius 2 is 1.45 bits per heavy atom. The minimum atomic E-state index is -0.783. The summed E-state index contributed by atoms with van der Waals surface area (Å²) in [6.07, 6.45) is 23.2. The van der Waals surface area contributed by atoms with Gasteiger partial charge in [-0.05, 0) is 90.1 Å². The molecule has 1 saturated carbocycles. The molecule has 0 spiro atoms. The van der Waals surface area contributed by atoms with Gasteiger partial charge in [-0.15, -0.1) is 5.10 Å². The van der Waals surface area contributed by atoms with Crippen LogP contribution in [-0.4, -0.2) is 46.3 Å². The van der Waals surface area contributed by atoms with Crippen LogP contribution < -0.4 is 9.47 Å². The molecule has 3 aromatic carbocycles. The Bertz CT molecular complexity index is 1940. The fraction of sp³-hybridized carbons (Fsp3) is 0.560. The van der Waals surface area contributed by atoms with Crippen molar-refractivity contribution in [2.45, 2.75) is 160 Å². The lowest BCUT2D eigenvalue weighted by Gasteiger charge is -2.27. The van der Waals surface area contributed by atoms with Crippen molar-refractivity contribution in [3.05, 3.63) is 95.1 Å². The number of aryl methyl sites for hydroxylation is 1. The zero-order chi connectivity index (χ0) is 42.7. The molecule has 1 heterocycles. The first-order valence-corrected chi connectivity index (χ1v) is 22.5. The molecule has 1 N–H and O–H groups in total. The van der Waals surface area contributed by atoms with Crippen LogP contribution in [0, 0.1) is 11.7 Å². The quantitative estimate of drug-likeness (QED) is 0.0425. The number of aliphatic carboxylic acids is 1. The number of carbonyl (C=O) groups is 2. The average molecular weight is 826 g/mol. The van der Waals surface area contributed by atoms with Gasteiger partial charge in [0.25, 0.3) is 0 Å². The smallest absolute Gasteiger partial charge is 0.305 e. The zero-order valence-electron chi connectivity index (χ0n) is 36.6. The summed E-state index contributed by atoms with van der Waals surface area (Å²) in [6, 6.07) is 18.6. The summed E-state index contributed by atoms with van der Waals surface area (Å²) in [6.45, 7) is 5.29. The Kier molecular flexibility index (Phi) is 18.5. The third-order valence-corrected chi connectivity index (χ3v) is 12.2. The van der Waals surface area contributed by atoms with Crippen LogP contribution in [0.3, 0.4) is 0 Å². The van der Waals surface area contributed by atoms with Gasteiger partial charge in [0, 0.05) is 30.1 Å². The van der Waals surface area contributed by atoms with Crippen molar-refractivity contribution in [2.75, 3.05) is 14.2 Å². The van der Waals surface area contributed by atoms with E-state index in [0.717, 1.165) is 73.0 Å². The predicted octanol–water partition coefficient (Wildman–Crippen LogP) is 12.4. The Balaban J connectivity index is 1.11. The number of methoxy groups -OCH3 is 2. The minimum Gasteiger partial charge on any atom is -0.497 e. The van der Waals surface area contributed by atoms with Crippen LogP contribution in [0.15, 0.2) is 66.9 Å². The molecule has 0 amide bonds. The number of hydrogen-bond donors (Lipinski definition) is 1. The molecule has 0 saturated heterocycles. The van der Waals surface area contributed by atoms with Gasteiger partial charge in [0.2, 0.25) is 0 Å². The van der Waals surface area contributed by atoms with Gasteiger partial charge in [-0.3, -0.25) is 14.3 Å². The number of aromatic nitrogens is 3. The van der Waals surface area contributed by atoms with Crippen molar-refractivity contribution < 1.29 is 33.3 Å². The summed E-state index contributed by atoms with van der Waals surface area (Å²) in [5.74, 6) is 0.440. The molecule has 1 fully saturated rings. The van der Waals surface area contributed by atoms with Crippen molar-refractivity contribution in [3.63, 3.8) is 0 Å². The maximum absolute atomic E-state index is 15.5. The molecule has 5 rings (SSSR count). The molecule has 0 bridgehead atoms. The van der Waals surface area contributed by atoms with Gasteiger partial charge in [-0.2, -0.15) is 0 Å². The van der Waals surface area contributed by atoms with Crippen LogP contribution >= 0.6 is 0 Å². The SMILES string of the molecule is COC(=O)CCCCCCCCCCCCCCCCCn1cc(C(C)(C)c2cc(COc3cccc(C(CC(=O)O)C4CC4)c3)ccc2-c2cc(OC)ccc2F)nn1. The first kappa shape index (κ1) is 46.3. The molecular formula is C50H68FN3O6. The topological polar surface area (TPSA) is 113 Å². The summed E-state index contributed by atoms with van der Waals surface area (Å²) in [4.78, 5) is 22.8. The Morgan fingerprint density at radius 1 is 0.800 bits per heavy atom. The number of unbranched alkanes of at least 4 members (excludes halogenated alkanes) is 14. The van der Waals surface area contributed by atoms with Gasteiger partial charge in [0.1, 0.15) is 23.9 Å². The molecule has 1 aromatic heterocycles. The van der Waals surface area contributed by atoms with E-state index in [-0.39, 0.29) is 30.7 Å².